The summed E-state index contributed by atoms with van der Waals surface area (Å²) < 4.78 is 0. The zero-order chi connectivity index (χ0) is 13.3. The summed E-state index contributed by atoms with van der Waals surface area (Å²) in [5, 5.41) is 0. The highest BCUT2D eigenvalue weighted by Gasteiger charge is 2.50. The van der Waals surface area contributed by atoms with Gasteiger partial charge in [0, 0.05) is 6.42 Å². The van der Waals surface area contributed by atoms with Crippen molar-refractivity contribution in [1.82, 2.24) is 0 Å². The average Bonchev–Trinajstić information content (AvgIpc) is 2.30. The molecule has 0 amide bonds. The maximum absolute atomic E-state index is 11.5. The number of fused-ring (bicyclic) bond motifs is 1. The Morgan fingerprint density at radius 3 is 2.35 bits per heavy atom. The Hall–Kier alpha value is -0.590. The summed E-state index contributed by atoms with van der Waals surface area (Å²) in [6.07, 6.45) is 6.11. The third kappa shape index (κ3) is 2.21. The second kappa shape index (κ2) is 4.96. The molecular weight excluding hydrogens is 208 g/mol. The van der Waals surface area contributed by atoms with Gasteiger partial charge < -0.3 is 0 Å². The summed E-state index contributed by atoms with van der Waals surface area (Å²) in [6.45, 7) is 13.5. The van der Waals surface area contributed by atoms with Crippen LogP contribution in [0.4, 0.5) is 0 Å². The van der Waals surface area contributed by atoms with Crippen LogP contribution in [0.3, 0.4) is 0 Å². The lowest BCUT2D eigenvalue weighted by atomic mass is 9.50. The lowest BCUT2D eigenvalue weighted by Crippen LogP contribution is -2.46. The fourth-order valence-electron chi connectivity index (χ4n) is 3.32. The van der Waals surface area contributed by atoms with Crippen LogP contribution in [0.15, 0.2) is 11.6 Å². The van der Waals surface area contributed by atoms with Crippen molar-refractivity contribution in [3.63, 3.8) is 0 Å². The second-order valence-electron chi connectivity index (χ2n) is 6.13. The summed E-state index contributed by atoms with van der Waals surface area (Å²) in [6, 6.07) is 0. The molecule has 1 saturated carbocycles. The maximum Gasteiger partial charge on any atom is 0.155 e. The van der Waals surface area contributed by atoms with Gasteiger partial charge in [-0.1, -0.05) is 47.1 Å². The predicted molar refractivity (Wildman–Crippen MR) is 74.0 cm³/mol. The Balaban J connectivity index is 0.000000686. The van der Waals surface area contributed by atoms with Crippen LogP contribution in [-0.4, -0.2) is 5.78 Å². The lowest BCUT2D eigenvalue weighted by Gasteiger charge is -2.55. The Labute approximate surface area is 107 Å². The van der Waals surface area contributed by atoms with Gasteiger partial charge in [-0.15, -0.1) is 0 Å². The van der Waals surface area contributed by atoms with Gasteiger partial charge in [0.2, 0.25) is 0 Å². The summed E-state index contributed by atoms with van der Waals surface area (Å²) in [5.41, 5.74) is 2.01. The van der Waals surface area contributed by atoms with Crippen molar-refractivity contribution >= 4 is 5.78 Å². The van der Waals surface area contributed by atoms with Crippen LogP contribution in [0, 0.1) is 16.7 Å². The van der Waals surface area contributed by atoms with Crippen LogP contribution in [0.25, 0.3) is 0 Å². The normalized spacial score (nSPS) is 35.3. The third-order valence-electron chi connectivity index (χ3n) is 5.42. The quantitative estimate of drug-likeness (QED) is 0.592. The monoisotopic (exact) mass is 236 g/mol. The molecule has 2 aliphatic carbocycles. The molecule has 1 heteroatoms. The molecule has 98 valence electrons. The van der Waals surface area contributed by atoms with Crippen molar-refractivity contribution in [3.05, 3.63) is 11.6 Å². The first kappa shape index (κ1) is 14.5. The predicted octanol–water partition coefficient (Wildman–Crippen LogP) is 4.76. The zero-order valence-electron chi connectivity index (χ0n) is 12.4. The van der Waals surface area contributed by atoms with Gasteiger partial charge in [0.25, 0.3) is 0 Å². The number of carbonyl (C=O) groups is 1. The van der Waals surface area contributed by atoms with Crippen molar-refractivity contribution in [3.8, 4) is 0 Å². The first-order valence-corrected chi connectivity index (χ1v) is 7.12. The SMILES string of the molecule is CC.C[C@H]1CCC2=CC(=O)CC[C@]2(C)C1(C)C. The van der Waals surface area contributed by atoms with Crippen molar-refractivity contribution in [2.24, 2.45) is 16.7 Å². The van der Waals surface area contributed by atoms with Gasteiger partial charge in [0.15, 0.2) is 5.78 Å². The molecule has 1 fully saturated rings. The minimum atomic E-state index is 0.262. The molecule has 0 N–H and O–H groups in total. The molecule has 0 aromatic rings. The molecule has 0 heterocycles. The summed E-state index contributed by atoms with van der Waals surface area (Å²) >= 11 is 0. The molecule has 17 heavy (non-hydrogen) atoms. The molecule has 0 aromatic heterocycles. The molecular formula is C16H28O. The average molecular weight is 236 g/mol. The molecule has 0 bridgehead atoms. The van der Waals surface area contributed by atoms with E-state index in [4.69, 9.17) is 0 Å². The summed E-state index contributed by atoms with van der Waals surface area (Å²) in [7, 11) is 0. The van der Waals surface area contributed by atoms with Gasteiger partial charge >= 0.3 is 0 Å². The molecule has 0 spiro atoms. The first-order valence-electron chi connectivity index (χ1n) is 7.12. The number of hydrogen-bond acceptors (Lipinski definition) is 1. The van der Waals surface area contributed by atoms with Crippen LogP contribution < -0.4 is 0 Å². The van der Waals surface area contributed by atoms with Crippen LogP contribution in [-0.2, 0) is 4.79 Å². The van der Waals surface area contributed by atoms with Crippen LogP contribution in [0.5, 0.6) is 0 Å². The van der Waals surface area contributed by atoms with Crippen LogP contribution in [0.2, 0.25) is 0 Å². The molecule has 0 saturated heterocycles. The van der Waals surface area contributed by atoms with Gasteiger partial charge in [-0.3, -0.25) is 4.79 Å². The first-order chi connectivity index (χ1) is 7.88. The van der Waals surface area contributed by atoms with E-state index in [1.54, 1.807) is 0 Å². The minimum Gasteiger partial charge on any atom is -0.295 e. The van der Waals surface area contributed by atoms with E-state index in [0.29, 0.717) is 11.2 Å². The van der Waals surface area contributed by atoms with Crippen molar-refractivity contribution in [1.29, 1.82) is 0 Å². The van der Waals surface area contributed by atoms with E-state index in [1.807, 2.05) is 19.9 Å². The van der Waals surface area contributed by atoms with Gasteiger partial charge in [-0.25, -0.2) is 0 Å². The van der Waals surface area contributed by atoms with E-state index in [0.717, 1.165) is 25.2 Å². The number of hydrogen-bond donors (Lipinski definition) is 0. The zero-order valence-corrected chi connectivity index (χ0v) is 12.4. The fraction of sp³-hybridized carbons (Fsp3) is 0.812. The molecule has 0 unspecified atom stereocenters. The van der Waals surface area contributed by atoms with E-state index < -0.39 is 0 Å². The smallest absolute Gasteiger partial charge is 0.155 e. The van der Waals surface area contributed by atoms with E-state index in [1.165, 1.54) is 12.0 Å². The highest BCUT2D eigenvalue weighted by Crippen LogP contribution is 2.59. The topological polar surface area (TPSA) is 17.1 Å². The van der Waals surface area contributed by atoms with Gasteiger partial charge in [-0.05, 0) is 42.1 Å². The number of ketones is 1. The van der Waals surface area contributed by atoms with Gasteiger partial charge in [0.1, 0.15) is 0 Å². The van der Waals surface area contributed by atoms with E-state index in [2.05, 4.69) is 27.7 Å². The van der Waals surface area contributed by atoms with E-state index in [-0.39, 0.29) is 5.41 Å². The number of rotatable bonds is 0. The van der Waals surface area contributed by atoms with Crippen molar-refractivity contribution in [2.75, 3.05) is 0 Å². The second-order valence-corrected chi connectivity index (χ2v) is 6.13. The molecule has 2 atom stereocenters. The van der Waals surface area contributed by atoms with Crippen LogP contribution in [0.1, 0.15) is 67.2 Å². The molecule has 1 nitrogen and oxygen atoms in total. The third-order valence-corrected chi connectivity index (χ3v) is 5.42. The maximum atomic E-state index is 11.5. The highest BCUT2D eigenvalue weighted by atomic mass is 16.1. The number of allylic oxidation sites excluding steroid dienone is 2. The minimum absolute atomic E-state index is 0.262. The van der Waals surface area contributed by atoms with E-state index in [9.17, 15) is 4.79 Å². The highest BCUT2D eigenvalue weighted by molar-refractivity contribution is 5.91. The molecule has 2 aliphatic rings. The van der Waals surface area contributed by atoms with Crippen molar-refractivity contribution < 1.29 is 4.79 Å². The Morgan fingerprint density at radius 1 is 1.18 bits per heavy atom. The largest absolute Gasteiger partial charge is 0.295 e. The van der Waals surface area contributed by atoms with Gasteiger partial charge in [0.05, 0.1) is 0 Å². The molecule has 0 aliphatic heterocycles. The molecule has 0 radical (unpaired) electrons. The fourth-order valence-corrected chi connectivity index (χ4v) is 3.32. The Morgan fingerprint density at radius 2 is 1.76 bits per heavy atom. The number of carbonyl (C=O) groups excluding carboxylic acids is 1. The summed E-state index contributed by atoms with van der Waals surface area (Å²) in [4.78, 5) is 11.5. The van der Waals surface area contributed by atoms with Crippen molar-refractivity contribution in [2.45, 2.75) is 67.2 Å². The standard InChI is InChI=1S/C14H22O.C2H6/c1-10-5-6-11-9-12(15)7-8-14(11,4)13(10,2)3;1-2/h9-10H,5-8H2,1-4H3;1-2H3/t10-,14-;/m0./s1. The molecule has 0 aromatic carbocycles. The Bertz CT molecular complexity index is 324. The lowest BCUT2D eigenvalue weighted by molar-refractivity contribution is -0.117. The Kier molecular flexibility index (Phi) is 4.22. The van der Waals surface area contributed by atoms with Gasteiger partial charge in [-0.2, -0.15) is 0 Å². The van der Waals surface area contributed by atoms with E-state index >= 15 is 0 Å². The molecule has 2 rings (SSSR count). The summed E-state index contributed by atoms with van der Waals surface area (Å²) in [5.74, 6) is 1.10. The van der Waals surface area contributed by atoms with Crippen LogP contribution >= 0.6 is 0 Å².